The van der Waals surface area contributed by atoms with Gasteiger partial charge in [0.15, 0.2) is 0 Å². The first kappa shape index (κ1) is 13.6. The van der Waals surface area contributed by atoms with Crippen molar-refractivity contribution in [1.29, 1.82) is 0 Å². The van der Waals surface area contributed by atoms with Crippen molar-refractivity contribution in [2.24, 2.45) is 0 Å². The van der Waals surface area contributed by atoms with Crippen LogP contribution >= 0.6 is 0 Å². The van der Waals surface area contributed by atoms with Crippen molar-refractivity contribution in [3.8, 4) is 0 Å². The molecule has 0 aliphatic carbocycles. The molecular formula is C15H20N2O2. The normalized spacial score (nSPS) is 11.2. The number of H-pyrrole nitrogens is 1. The second-order valence-corrected chi connectivity index (χ2v) is 4.75. The van der Waals surface area contributed by atoms with E-state index in [1.54, 1.807) is 0 Å². The predicted octanol–water partition coefficient (Wildman–Crippen LogP) is 2.47. The third-order valence-corrected chi connectivity index (χ3v) is 3.16. The van der Waals surface area contributed by atoms with Crippen LogP contribution < -0.4 is 0 Å². The van der Waals surface area contributed by atoms with Gasteiger partial charge in [-0.25, -0.2) is 0 Å². The molecule has 0 unspecified atom stereocenters. The van der Waals surface area contributed by atoms with E-state index in [4.69, 9.17) is 4.74 Å². The SMILES string of the molecule is CCOC(=O)CN(C)Cc1c(C)[nH]c2ccccc12. The summed E-state index contributed by atoms with van der Waals surface area (Å²) in [5.41, 5.74) is 3.53. The lowest BCUT2D eigenvalue weighted by molar-refractivity contribution is -0.144. The second kappa shape index (κ2) is 5.89. The second-order valence-electron chi connectivity index (χ2n) is 4.75. The third kappa shape index (κ3) is 3.15. The summed E-state index contributed by atoms with van der Waals surface area (Å²) in [5.74, 6) is -0.178. The summed E-state index contributed by atoms with van der Waals surface area (Å²) in [6, 6.07) is 8.22. The number of nitrogens with one attached hydrogen (secondary N) is 1. The number of para-hydroxylation sites is 1. The molecule has 1 aromatic heterocycles. The van der Waals surface area contributed by atoms with Crippen molar-refractivity contribution in [3.63, 3.8) is 0 Å². The average Bonchev–Trinajstić information content (AvgIpc) is 2.66. The molecular weight excluding hydrogens is 240 g/mol. The molecule has 1 N–H and O–H groups in total. The molecule has 1 aromatic carbocycles. The van der Waals surface area contributed by atoms with Crippen molar-refractivity contribution < 1.29 is 9.53 Å². The molecule has 0 saturated carbocycles. The molecule has 4 nitrogen and oxygen atoms in total. The molecule has 0 fully saturated rings. The molecule has 1 heterocycles. The molecule has 0 aliphatic rings. The molecule has 0 aliphatic heterocycles. The van der Waals surface area contributed by atoms with Crippen LogP contribution in [-0.4, -0.2) is 36.1 Å². The largest absolute Gasteiger partial charge is 0.465 e. The van der Waals surface area contributed by atoms with Gasteiger partial charge in [0.1, 0.15) is 0 Å². The van der Waals surface area contributed by atoms with Crippen molar-refractivity contribution in [2.75, 3.05) is 20.2 Å². The van der Waals surface area contributed by atoms with Crippen LogP contribution in [0.15, 0.2) is 24.3 Å². The van der Waals surface area contributed by atoms with E-state index < -0.39 is 0 Å². The number of carbonyl (C=O) groups excluding carboxylic acids is 1. The van der Waals surface area contributed by atoms with Gasteiger partial charge in [-0.3, -0.25) is 9.69 Å². The molecule has 19 heavy (non-hydrogen) atoms. The number of fused-ring (bicyclic) bond motifs is 1. The fourth-order valence-corrected chi connectivity index (χ4v) is 2.29. The Morgan fingerprint density at radius 3 is 2.84 bits per heavy atom. The monoisotopic (exact) mass is 260 g/mol. The van der Waals surface area contributed by atoms with E-state index in [0.29, 0.717) is 13.2 Å². The van der Waals surface area contributed by atoms with Crippen LogP contribution in [0.25, 0.3) is 10.9 Å². The highest BCUT2D eigenvalue weighted by Gasteiger charge is 2.12. The summed E-state index contributed by atoms with van der Waals surface area (Å²) in [7, 11) is 1.93. The summed E-state index contributed by atoms with van der Waals surface area (Å²) in [6.07, 6.45) is 0. The Hall–Kier alpha value is -1.81. The first-order valence-corrected chi connectivity index (χ1v) is 6.52. The van der Waals surface area contributed by atoms with Crippen LogP contribution in [0.3, 0.4) is 0 Å². The Morgan fingerprint density at radius 1 is 1.37 bits per heavy atom. The topological polar surface area (TPSA) is 45.3 Å². The number of nitrogens with zero attached hydrogens (tertiary/aromatic N) is 1. The highest BCUT2D eigenvalue weighted by molar-refractivity contribution is 5.84. The fraction of sp³-hybridized carbons (Fsp3) is 0.400. The maximum Gasteiger partial charge on any atom is 0.320 e. The molecule has 0 spiro atoms. The van der Waals surface area contributed by atoms with Gasteiger partial charge >= 0.3 is 5.97 Å². The van der Waals surface area contributed by atoms with Gasteiger partial charge in [0.05, 0.1) is 13.2 Å². The smallest absolute Gasteiger partial charge is 0.320 e. The standard InChI is InChI=1S/C15H20N2O2/c1-4-19-15(18)10-17(3)9-13-11(2)16-14-8-6-5-7-12(13)14/h5-8,16H,4,9-10H2,1-3H3. The quantitative estimate of drug-likeness (QED) is 0.840. The van der Waals surface area contributed by atoms with Crippen LogP contribution in [0.5, 0.6) is 0 Å². The van der Waals surface area contributed by atoms with Crippen molar-refractivity contribution >= 4 is 16.9 Å². The van der Waals surface area contributed by atoms with Gasteiger partial charge in [-0.2, -0.15) is 0 Å². The number of aryl methyl sites for hydroxylation is 1. The van der Waals surface area contributed by atoms with Gasteiger partial charge in [-0.1, -0.05) is 18.2 Å². The average molecular weight is 260 g/mol. The molecule has 2 aromatic rings. The van der Waals surface area contributed by atoms with Crippen LogP contribution in [0.2, 0.25) is 0 Å². The van der Waals surface area contributed by atoms with E-state index in [0.717, 1.165) is 17.8 Å². The lowest BCUT2D eigenvalue weighted by atomic mass is 10.1. The molecule has 2 rings (SSSR count). The zero-order chi connectivity index (χ0) is 13.8. The zero-order valence-corrected chi connectivity index (χ0v) is 11.7. The third-order valence-electron chi connectivity index (χ3n) is 3.16. The van der Waals surface area contributed by atoms with Gasteiger partial charge < -0.3 is 9.72 Å². The summed E-state index contributed by atoms with van der Waals surface area (Å²) in [5, 5.41) is 1.22. The number of rotatable bonds is 5. The first-order chi connectivity index (χ1) is 9.11. The van der Waals surface area contributed by atoms with E-state index in [-0.39, 0.29) is 5.97 Å². The summed E-state index contributed by atoms with van der Waals surface area (Å²) < 4.78 is 4.96. The summed E-state index contributed by atoms with van der Waals surface area (Å²) >= 11 is 0. The molecule has 4 heteroatoms. The van der Waals surface area contributed by atoms with Crippen LogP contribution in [0.1, 0.15) is 18.2 Å². The summed E-state index contributed by atoms with van der Waals surface area (Å²) in [4.78, 5) is 16.8. The van der Waals surface area contributed by atoms with E-state index in [1.165, 1.54) is 10.9 Å². The van der Waals surface area contributed by atoms with Crippen LogP contribution in [0, 0.1) is 6.92 Å². The maximum absolute atomic E-state index is 11.5. The fourth-order valence-electron chi connectivity index (χ4n) is 2.29. The van der Waals surface area contributed by atoms with Crippen molar-refractivity contribution in [3.05, 3.63) is 35.5 Å². The maximum atomic E-state index is 11.5. The van der Waals surface area contributed by atoms with Gasteiger partial charge in [0.2, 0.25) is 0 Å². The van der Waals surface area contributed by atoms with Crippen LogP contribution in [-0.2, 0) is 16.1 Å². The Labute approximate surface area is 113 Å². The molecule has 0 saturated heterocycles. The number of esters is 1. The molecule has 0 atom stereocenters. The van der Waals surface area contributed by atoms with E-state index >= 15 is 0 Å². The van der Waals surface area contributed by atoms with E-state index in [9.17, 15) is 4.79 Å². The number of aromatic amines is 1. The molecule has 0 amide bonds. The highest BCUT2D eigenvalue weighted by atomic mass is 16.5. The highest BCUT2D eigenvalue weighted by Crippen LogP contribution is 2.22. The minimum absolute atomic E-state index is 0.178. The van der Waals surface area contributed by atoms with Gasteiger partial charge in [-0.15, -0.1) is 0 Å². The number of benzene rings is 1. The number of likely N-dealkylation sites (N-methyl/N-ethyl adjacent to an activating group) is 1. The minimum Gasteiger partial charge on any atom is -0.465 e. The zero-order valence-electron chi connectivity index (χ0n) is 11.7. The number of hydrogen-bond donors (Lipinski definition) is 1. The summed E-state index contributed by atoms with van der Waals surface area (Å²) in [6.45, 7) is 5.36. The van der Waals surface area contributed by atoms with Crippen LogP contribution in [0.4, 0.5) is 0 Å². The Bertz CT molecular complexity index is 575. The van der Waals surface area contributed by atoms with Gasteiger partial charge in [0.25, 0.3) is 0 Å². The number of hydrogen-bond acceptors (Lipinski definition) is 3. The lowest BCUT2D eigenvalue weighted by Gasteiger charge is -2.15. The predicted molar refractivity (Wildman–Crippen MR) is 76.0 cm³/mol. The Kier molecular flexibility index (Phi) is 4.22. The van der Waals surface area contributed by atoms with E-state index in [1.807, 2.05) is 31.0 Å². The molecule has 102 valence electrons. The number of aromatic nitrogens is 1. The lowest BCUT2D eigenvalue weighted by Crippen LogP contribution is -2.27. The minimum atomic E-state index is -0.178. The molecule has 0 radical (unpaired) electrons. The Morgan fingerprint density at radius 2 is 2.11 bits per heavy atom. The van der Waals surface area contributed by atoms with Gasteiger partial charge in [-0.05, 0) is 32.5 Å². The van der Waals surface area contributed by atoms with E-state index in [2.05, 4.69) is 24.0 Å². The first-order valence-electron chi connectivity index (χ1n) is 6.52. The van der Waals surface area contributed by atoms with Crippen molar-refractivity contribution in [1.82, 2.24) is 9.88 Å². The number of ether oxygens (including phenoxy) is 1. The van der Waals surface area contributed by atoms with Crippen molar-refractivity contribution in [2.45, 2.75) is 20.4 Å². The Balaban J connectivity index is 2.12. The number of carbonyl (C=O) groups is 1. The van der Waals surface area contributed by atoms with Gasteiger partial charge in [0, 0.05) is 23.1 Å². The molecule has 0 bridgehead atoms.